The molecule has 96 valence electrons. The van der Waals surface area contributed by atoms with E-state index < -0.39 is 6.04 Å². The fourth-order valence-corrected chi connectivity index (χ4v) is 1.88. The number of likely N-dealkylation sites (N-methyl/N-ethyl adjacent to an activating group) is 1. The second-order valence-corrected chi connectivity index (χ2v) is 4.71. The largest absolute Gasteiger partial charge is 0.340 e. The summed E-state index contributed by atoms with van der Waals surface area (Å²) in [5, 5.41) is 0.910. The van der Waals surface area contributed by atoms with Crippen LogP contribution in [0.15, 0.2) is 18.2 Å². The van der Waals surface area contributed by atoms with Gasteiger partial charge < -0.3 is 10.6 Å². The molecule has 0 aliphatic carbocycles. The van der Waals surface area contributed by atoms with E-state index in [1.54, 1.807) is 19.2 Å². The molecule has 1 aromatic rings. The van der Waals surface area contributed by atoms with Crippen molar-refractivity contribution in [3.63, 3.8) is 0 Å². The lowest BCUT2D eigenvalue weighted by atomic mass is 10.1. The Morgan fingerprint density at radius 2 is 2.22 bits per heavy atom. The molecule has 1 aromatic carbocycles. The van der Waals surface area contributed by atoms with Crippen molar-refractivity contribution in [1.82, 2.24) is 4.90 Å². The highest BCUT2D eigenvalue weighted by molar-refractivity contribution is 6.42. The molecule has 5 heteroatoms. The molecule has 18 heavy (non-hydrogen) atoms. The first-order chi connectivity index (χ1) is 8.47. The van der Waals surface area contributed by atoms with Gasteiger partial charge in [0.25, 0.3) is 0 Å². The molecule has 1 atom stereocenters. The zero-order valence-electron chi connectivity index (χ0n) is 9.99. The van der Waals surface area contributed by atoms with Gasteiger partial charge in [-0.25, -0.2) is 0 Å². The number of carbonyl (C=O) groups is 1. The number of hydrogen-bond acceptors (Lipinski definition) is 2. The maximum Gasteiger partial charge on any atom is 0.240 e. The van der Waals surface area contributed by atoms with E-state index in [9.17, 15) is 4.79 Å². The van der Waals surface area contributed by atoms with Crippen LogP contribution in [-0.4, -0.2) is 23.9 Å². The third kappa shape index (κ3) is 3.64. The van der Waals surface area contributed by atoms with E-state index in [4.69, 9.17) is 35.4 Å². The van der Waals surface area contributed by atoms with Gasteiger partial charge in [-0.2, -0.15) is 0 Å². The highest BCUT2D eigenvalue weighted by atomic mass is 35.5. The van der Waals surface area contributed by atoms with Crippen molar-refractivity contribution in [1.29, 1.82) is 0 Å². The molecular weight excluding hydrogens is 271 g/mol. The van der Waals surface area contributed by atoms with Crippen LogP contribution in [0, 0.1) is 12.3 Å². The predicted octanol–water partition coefficient (Wildman–Crippen LogP) is 2.30. The summed E-state index contributed by atoms with van der Waals surface area (Å²) in [4.78, 5) is 13.3. The van der Waals surface area contributed by atoms with Gasteiger partial charge in [0.15, 0.2) is 0 Å². The minimum Gasteiger partial charge on any atom is -0.340 e. The van der Waals surface area contributed by atoms with Crippen LogP contribution >= 0.6 is 23.2 Å². The van der Waals surface area contributed by atoms with Crippen LogP contribution in [0.1, 0.15) is 12.0 Å². The van der Waals surface area contributed by atoms with E-state index in [1.165, 1.54) is 4.90 Å². The molecule has 1 rings (SSSR count). The Hall–Kier alpha value is -1.21. The van der Waals surface area contributed by atoms with Gasteiger partial charge in [-0.15, -0.1) is 12.3 Å². The third-order valence-electron chi connectivity index (χ3n) is 2.47. The third-order valence-corrected chi connectivity index (χ3v) is 3.33. The van der Waals surface area contributed by atoms with Crippen LogP contribution in [-0.2, 0) is 11.3 Å². The Labute approximate surface area is 117 Å². The van der Waals surface area contributed by atoms with Crippen molar-refractivity contribution >= 4 is 29.1 Å². The molecule has 0 saturated carbocycles. The van der Waals surface area contributed by atoms with Gasteiger partial charge in [-0.3, -0.25) is 4.79 Å². The van der Waals surface area contributed by atoms with Gasteiger partial charge in [0, 0.05) is 20.0 Å². The smallest absolute Gasteiger partial charge is 0.240 e. The maximum atomic E-state index is 11.9. The number of carbonyl (C=O) groups excluding carboxylic acids is 1. The van der Waals surface area contributed by atoms with Gasteiger partial charge in [0.2, 0.25) is 5.91 Å². The summed E-state index contributed by atoms with van der Waals surface area (Å²) < 4.78 is 0. The van der Waals surface area contributed by atoms with Crippen LogP contribution in [0.3, 0.4) is 0 Å². The molecule has 0 fully saturated rings. The number of benzene rings is 1. The zero-order valence-corrected chi connectivity index (χ0v) is 11.5. The number of halogens is 2. The van der Waals surface area contributed by atoms with Crippen molar-refractivity contribution in [2.24, 2.45) is 5.73 Å². The Morgan fingerprint density at radius 1 is 1.56 bits per heavy atom. The quantitative estimate of drug-likeness (QED) is 0.863. The fourth-order valence-electron chi connectivity index (χ4n) is 1.50. The zero-order chi connectivity index (χ0) is 13.7. The summed E-state index contributed by atoms with van der Waals surface area (Å²) in [6, 6.07) is 4.60. The highest BCUT2D eigenvalue weighted by Gasteiger charge is 2.18. The van der Waals surface area contributed by atoms with E-state index in [2.05, 4.69) is 5.92 Å². The van der Waals surface area contributed by atoms with Crippen molar-refractivity contribution in [3.8, 4) is 12.3 Å². The Balaban J connectivity index is 2.76. The van der Waals surface area contributed by atoms with Gasteiger partial charge in [-0.05, 0) is 11.6 Å². The fraction of sp³-hybridized carbons (Fsp3) is 0.308. The van der Waals surface area contributed by atoms with Crippen LogP contribution in [0.2, 0.25) is 10.0 Å². The molecule has 0 heterocycles. The van der Waals surface area contributed by atoms with E-state index >= 15 is 0 Å². The summed E-state index contributed by atoms with van der Waals surface area (Å²) in [6.07, 6.45) is 5.34. The molecule has 0 aliphatic heterocycles. The molecule has 0 bridgehead atoms. The molecule has 0 radical (unpaired) electrons. The number of hydrogen-bond donors (Lipinski definition) is 1. The van der Waals surface area contributed by atoms with Crippen molar-refractivity contribution in [3.05, 3.63) is 33.8 Å². The first-order valence-corrected chi connectivity index (χ1v) is 6.10. The lowest BCUT2D eigenvalue weighted by molar-refractivity contribution is -0.131. The lowest BCUT2D eigenvalue weighted by Crippen LogP contribution is -2.41. The number of terminal acetylenes is 1. The minimum atomic E-state index is -0.682. The Morgan fingerprint density at radius 3 is 2.83 bits per heavy atom. The molecule has 0 saturated heterocycles. The number of nitrogens with zero attached hydrogens (tertiary/aromatic N) is 1. The summed E-state index contributed by atoms with van der Waals surface area (Å²) in [6.45, 7) is 0.344. The van der Waals surface area contributed by atoms with Crippen molar-refractivity contribution in [2.45, 2.75) is 19.0 Å². The average Bonchev–Trinajstić information content (AvgIpc) is 2.34. The molecule has 2 N–H and O–H groups in total. The first-order valence-electron chi connectivity index (χ1n) is 5.34. The number of nitrogens with two attached hydrogens (primary N) is 1. The van der Waals surface area contributed by atoms with Crippen LogP contribution in [0.5, 0.6) is 0 Å². The number of amides is 1. The van der Waals surface area contributed by atoms with Gasteiger partial charge >= 0.3 is 0 Å². The summed E-state index contributed by atoms with van der Waals surface area (Å²) in [7, 11) is 1.65. The molecule has 0 spiro atoms. The minimum absolute atomic E-state index is 0.215. The summed E-state index contributed by atoms with van der Waals surface area (Å²) in [5.74, 6) is 2.15. The van der Waals surface area contributed by atoms with E-state index in [1.807, 2.05) is 6.07 Å². The van der Waals surface area contributed by atoms with E-state index in [0.29, 0.717) is 16.6 Å². The second kappa shape index (κ2) is 6.65. The molecule has 0 aliphatic rings. The normalized spacial score (nSPS) is 11.7. The summed E-state index contributed by atoms with van der Waals surface area (Å²) >= 11 is 12.0. The maximum absolute atomic E-state index is 11.9. The van der Waals surface area contributed by atoms with Gasteiger partial charge in [-0.1, -0.05) is 35.3 Å². The molecular formula is C13H14Cl2N2O. The molecule has 1 amide bonds. The SMILES string of the molecule is C#CCC(N)C(=O)N(C)Cc1cccc(Cl)c1Cl. The van der Waals surface area contributed by atoms with Crippen LogP contribution in [0.25, 0.3) is 0 Å². The van der Waals surface area contributed by atoms with Crippen molar-refractivity contribution in [2.75, 3.05) is 7.05 Å². The lowest BCUT2D eigenvalue weighted by Gasteiger charge is -2.21. The molecule has 1 unspecified atom stereocenters. The number of rotatable bonds is 4. The monoisotopic (exact) mass is 284 g/mol. The first kappa shape index (κ1) is 14.8. The summed E-state index contributed by atoms with van der Waals surface area (Å²) in [5.41, 5.74) is 6.43. The predicted molar refractivity (Wildman–Crippen MR) is 74.4 cm³/mol. The highest BCUT2D eigenvalue weighted by Crippen LogP contribution is 2.26. The Kier molecular flexibility index (Phi) is 5.49. The van der Waals surface area contributed by atoms with Gasteiger partial charge in [0.1, 0.15) is 0 Å². The molecule has 3 nitrogen and oxygen atoms in total. The van der Waals surface area contributed by atoms with Crippen LogP contribution in [0.4, 0.5) is 0 Å². The van der Waals surface area contributed by atoms with E-state index in [-0.39, 0.29) is 12.3 Å². The van der Waals surface area contributed by atoms with Gasteiger partial charge in [0.05, 0.1) is 16.1 Å². The van der Waals surface area contributed by atoms with Crippen molar-refractivity contribution < 1.29 is 4.79 Å². The Bertz CT molecular complexity index is 482. The second-order valence-electron chi connectivity index (χ2n) is 3.92. The average molecular weight is 285 g/mol. The van der Waals surface area contributed by atoms with E-state index in [0.717, 1.165) is 5.56 Å². The van der Waals surface area contributed by atoms with Crippen LogP contribution < -0.4 is 5.73 Å². The standard InChI is InChI=1S/C13H14Cl2N2O/c1-3-5-11(16)13(18)17(2)8-9-6-4-7-10(14)12(9)15/h1,4,6-7,11H,5,8,16H2,2H3. The topological polar surface area (TPSA) is 46.3 Å². The molecule has 0 aromatic heterocycles.